The van der Waals surface area contributed by atoms with Gasteiger partial charge in [-0.2, -0.15) is 0 Å². The van der Waals surface area contributed by atoms with Crippen molar-refractivity contribution in [2.24, 2.45) is 0 Å². The van der Waals surface area contributed by atoms with Crippen molar-refractivity contribution < 1.29 is 14.3 Å². The highest BCUT2D eigenvalue weighted by Gasteiger charge is 2.18. The first-order valence-corrected chi connectivity index (χ1v) is 9.02. The first kappa shape index (κ1) is 18.0. The number of hydrogen-bond acceptors (Lipinski definition) is 4. The predicted octanol–water partition coefficient (Wildman–Crippen LogP) is 4.26. The minimum absolute atomic E-state index is 0.0304. The Morgan fingerprint density at radius 1 is 1.08 bits per heavy atom. The molecular formula is C21H24N2O3. The van der Waals surface area contributed by atoms with Gasteiger partial charge in [-0.05, 0) is 56.9 Å². The van der Waals surface area contributed by atoms with Gasteiger partial charge in [-0.3, -0.25) is 9.59 Å². The van der Waals surface area contributed by atoms with Crippen molar-refractivity contribution in [2.45, 2.75) is 38.7 Å². The van der Waals surface area contributed by atoms with Crippen molar-refractivity contribution in [3.8, 4) is 5.75 Å². The van der Waals surface area contributed by atoms with Crippen LogP contribution in [0.3, 0.4) is 0 Å². The average Bonchev–Trinajstić information content (AvgIpc) is 3.14. The molecule has 1 aliphatic carbocycles. The quantitative estimate of drug-likeness (QED) is 0.731. The van der Waals surface area contributed by atoms with Crippen molar-refractivity contribution >= 4 is 23.1 Å². The van der Waals surface area contributed by atoms with E-state index in [1.165, 1.54) is 19.8 Å². The highest BCUT2D eigenvalue weighted by molar-refractivity contribution is 5.98. The van der Waals surface area contributed by atoms with Crippen molar-refractivity contribution in [3.63, 3.8) is 0 Å². The summed E-state index contributed by atoms with van der Waals surface area (Å²) in [5.74, 6) is 0.573. The fourth-order valence-electron chi connectivity index (χ4n) is 3.10. The van der Waals surface area contributed by atoms with E-state index in [0.717, 1.165) is 24.3 Å². The van der Waals surface area contributed by atoms with Crippen LogP contribution in [0.15, 0.2) is 48.5 Å². The first-order chi connectivity index (χ1) is 12.6. The molecular weight excluding hydrogens is 328 g/mol. The lowest BCUT2D eigenvalue weighted by atomic mass is 10.1. The maximum Gasteiger partial charge on any atom is 0.243 e. The molecule has 26 heavy (non-hydrogen) atoms. The van der Waals surface area contributed by atoms with Crippen LogP contribution >= 0.6 is 0 Å². The number of amides is 1. The Morgan fingerprint density at radius 3 is 2.62 bits per heavy atom. The third kappa shape index (κ3) is 4.85. The minimum Gasteiger partial charge on any atom is -0.488 e. The average molecular weight is 352 g/mol. The Balaban J connectivity index is 1.57. The van der Waals surface area contributed by atoms with Crippen LogP contribution in [0.25, 0.3) is 0 Å². The van der Waals surface area contributed by atoms with E-state index in [1.807, 2.05) is 24.3 Å². The summed E-state index contributed by atoms with van der Waals surface area (Å²) in [6, 6.07) is 14.6. The van der Waals surface area contributed by atoms with Crippen LogP contribution in [-0.4, -0.2) is 24.3 Å². The lowest BCUT2D eigenvalue weighted by Gasteiger charge is -2.17. The van der Waals surface area contributed by atoms with Gasteiger partial charge in [-0.25, -0.2) is 0 Å². The van der Waals surface area contributed by atoms with Crippen molar-refractivity contribution in [3.05, 3.63) is 54.1 Å². The molecule has 2 aromatic rings. The number of ketones is 1. The SMILES string of the molecule is CC(=O)c1cccc(NC(=O)CNc2ccccc2OC2CCCC2)c1. The summed E-state index contributed by atoms with van der Waals surface area (Å²) < 4.78 is 6.07. The second-order valence-corrected chi connectivity index (χ2v) is 6.56. The highest BCUT2D eigenvalue weighted by atomic mass is 16.5. The number of rotatable bonds is 7. The fraction of sp³-hybridized carbons (Fsp3) is 0.333. The monoisotopic (exact) mass is 352 g/mol. The van der Waals surface area contributed by atoms with Crippen molar-refractivity contribution in [1.82, 2.24) is 0 Å². The van der Waals surface area contributed by atoms with Gasteiger partial charge < -0.3 is 15.4 Å². The number of carbonyl (C=O) groups is 2. The fourth-order valence-corrected chi connectivity index (χ4v) is 3.10. The number of anilines is 2. The molecule has 2 N–H and O–H groups in total. The Bertz CT molecular complexity index is 782. The van der Waals surface area contributed by atoms with Gasteiger partial charge in [-0.15, -0.1) is 0 Å². The van der Waals surface area contributed by atoms with Crippen LogP contribution in [0.5, 0.6) is 5.75 Å². The van der Waals surface area contributed by atoms with Gasteiger partial charge in [0.05, 0.1) is 18.3 Å². The first-order valence-electron chi connectivity index (χ1n) is 9.02. The molecule has 2 aromatic carbocycles. The molecule has 1 fully saturated rings. The summed E-state index contributed by atoms with van der Waals surface area (Å²) in [4.78, 5) is 23.7. The summed E-state index contributed by atoms with van der Waals surface area (Å²) in [5.41, 5.74) is 2.00. The number of Topliss-reactive ketones (excluding diaryl/α,β-unsaturated/α-hetero) is 1. The lowest BCUT2D eigenvalue weighted by molar-refractivity contribution is -0.114. The highest BCUT2D eigenvalue weighted by Crippen LogP contribution is 2.29. The molecule has 0 radical (unpaired) electrons. The van der Waals surface area contributed by atoms with Gasteiger partial charge in [-0.1, -0.05) is 24.3 Å². The second kappa shape index (κ2) is 8.52. The van der Waals surface area contributed by atoms with Crippen molar-refractivity contribution in [1.29, 1.82) is 0 Å². The topological polar surface area (TPSA) is 67.4 Å². The van der Waals surface area contributed by atoms with E-state index < -0.39 is 0 Å². The largest absolute Gasteiger partial charge is 0.488 e. The van der Waals surface area contributed by atoms with Crippen molar-refractivity contribution in [2.75, 3.05) is 17.2 Å². The number of ether oxygens (including phenoxy) is 1. The van der Waals surface area contributed by atoms with Gasteiger partial charge in [0.1, 0.15) is 5.75 Å². The summed E-state index contributed by atoms with van der Waals surface area (Å²) in [5, 5.41) is 5.95. The Hall–Kier alpha value is -2.82. The Kier molecular flexibility index (Phi) is 5.89. The van der Waals surface area contributed by atoms with E-state index in [-0.39, 0.29) is 24.3 Å². The van der Waals surface area contributed by atoms with Gasteiger partial charge in [0, 0.05) is 11.3 Å². The maximum absolute atomic E-state index is 12.2. The molecule has 1 saturated carbocycles. The molecule has 0 unspecified atom stereocenters. The predicted molar refractivity (Wildman–Crippen MR) is 103 cm³/mol. The number of para-hydroxylation sites is 2. The summed E-state index contributed by atoms with van der Waals surface area (Å²) >= 11 is 0. The summed E-state index contributed by atoms with van der Waals surface area (Å²) in [7, 11) is 0. The molecule has 0 spiro atoms. The molecule has 3 rings (SSSR count). The van der Waals surface area contributed by atoms with Crippen LogP contribution in [0.4, 0.5) is 11.4 Å². The molecule has 5 nitrogen and oxygen atoms in total. The number of benzene rings is 2. The molecule has 136 valence electrons. The van der Waals surface area contributed by atoms with Crippen LogP contribution in [0.2, 0.25) is 0 Å². The minimum atomic E-state index is -0.179. The van der Waals surface area contributed by atoms with E-state index in [1.54, 1.807) is 24.3 Å². The number of hydrogen-bond donors (Lipinski definition) is 2. The Labute approximate surface area is 153 Å². The zero-order valence-corrected chi connectivity index (χ0v) is 15.0. The third-order valence-electron chi connectivity index (χ3n) is 4.48. The summed E-state index contributed by atoms with van der Waals surface area (Å²) in [6.45, 7) is 1.62. The third-order valence-corrected chi connectivity index (χ3v) is 4.48. The van der Waals surface area contributed by atoms with Gasteiger partial charge in [0.2, 0.25) is 5.91 Å². The molecule has 0 aromatic heterocycles. The van der Waals surface area contributed by atoms with E-state index in [4.69, 9.17) is 4.74 Å². The molecule has 5 heteroatoms. The van der Waals surface area contributed by atoms with E-state index in [2.05, 4.69) is 10.6 Å². The van der Waals surface area contributed by atoms with Crippen LogP contribution in [-0.2, 0) is 4.79 Å². The number of carbonyl (C=O) groups excluding carboxylic acids is 2. The molecule has 1 aliphatic rings. The zero-order chi connectivity index (χ0) is 18.4. The molecule has 1 amide bonds. The Morgan fingerprint density at radius 2 is 1.85 bits per heavy atom. The molecule has 0 saturated heterocycles. The maximum atomic E-state index is 12.2. The zero-order valence-electron chi connectivity index (χ0n) is 15.0. The van der Waals surface area contributed by atoms with Crippen LogP contribution in [0, 0.1) is 0 Å². The molecule has 0 atom stereocenters. The van der Waals surface area contributed by atoms with Crippen LogP contribution in [0.1, 0.15) is 43.0 Å². The van der Waals surface area contributed by atoms with Gasteiger partial charge >= 0.3 is 0 Å². The van der Waals surface area contributed by atoms with E-state index in [9.17, 15) is 9.59 Å². The molecule has 0 aliphatic heterocycles. The van der Waals surface area contributed by atoms with Gasteiger partial charge in [0.25, 0.3) is 0 Å². The van der Waals surface area contributed by atoms with E-state index >= 15 is 0 Å². The lowest BCUT2D eigenvalue weighted by Crippen LogP contribution is -2.22. The normalized spacial score (nSPS) is 14.0. The molecule has 0 bridgehead atoms. The molecule has 0 heterocycles. The van der Waals surface area contributed by atoms with E-state index in [0.29, 0.717) is 11.3 Å². The van der Waals surface area contributed by atoms with Gasteiger partial charge in [0.15, 0.2) is 5.78 Å². The smallest absolute Gasteiger partial charge is 0.243 e. The second-order valence-electron chi connectivity index (χ2n) is 6.56. The standard InChI is InChI=1S/C21H24N2O3/c1-15(24)16-7-6-8-17(13-16)23-21(25)14-22-19-11-4-5-12-20(19)26-18-9-2-3-10-18/h4-8,11-13,18,22H,2-3,9-10,14H2,1H3,(H,23,25). The number of nitrogens with one attached hydrogen (secondary N) is 2. The van der Waals surface area contributed by atoms with Crippen LogP contribution < -0.4 is 15.4 Å². The summed E-state index contributed by atoms with van der Waals surface area (Å²) in [6.07, 6.45) is 4.85.